The smallest absolute Gasteiger partial charge is 0.370 e. The predicted molar refractivity (Wildman–Crippen MR) is 37.5 cm³/mol. The van der Waals surface area contributed by atoms with Crippen molar-refractivity contribution in [3.05, 3.63) is 0 Å². The number of hydrogen-bond donors (Lipinski definition) is 2. The number of amides is 2. The number of carbonyl (C=O) groups excluding carboxylic acids is 2. The van der Waals surface area contributed by atoms with E-state index in [1.807, 2.05) is 0 Å². The van der Waals surface area contributed by atoms with Crippen molar-refractivity contribution in [3.8, 4) is 0 Å². The van der Waals surface area contributed by atoms with Crippen LogP contribution in [0.3, 0.4) is 0 Å². The molecule has 0 bridgehead atoms. The van der Waals surface area contributed by atoms with Gasteiger partial charge in [0.15, 0.2) is 0 Å². The van der Waals surface area contributed by atoms with Crippen LogP contribution in [0.1, 0.15) is 12.8 Å². The summed E-state index contributed by atoms with van der Waals surface area (Å²) in [5, 5.41) is 1.61. The Balaban J connectivity index is 3.58. The number of nitrogens with two attached hydrogens (primary N) is 1. The van der Waals surface area contributed by atoms with Crippen LogP contribution in [-0.2, 0) is 9.59 Å². The fraction of sp³-hybridized carbons (Fsp3) is 0.667. The maximum absolute atomic E-state index is 11.5. The molecule has 2 amide bonds. The zero-order valence-corrected chi connectivity index (χ0v) is 6.65. The highest BCUT2D eigenvalue weighted by Crippen LogP contribution is 2.12. The number of nitrogens with one attached hydrogen (secondary N) is 1. The van der Waals surface area contributed by atoms with E-state index in [1.54, 1.807) is 5.32 Å². The molecule has 0 atom stereocenters. The first-order valence-corrected chi connectivity index (χ1v) is 3.43. The van der Waals surface area contributed by atoms with Crippen molar-refractivity contribution < 1.29 is 22.8 Å². The first kappa shape index (κ1) is 11.7. The highest BCUT2D eigenvalue weighted by molar-refractivity contribution is 5.82. The third-order valence-electron chi connectivity index (χ3n) is 1.08. The van der Waals surface area contributed by atoms with Crippen LogP contribution in [0.5, 0.6) is 0 Å². The number of carbonyl (C=O) groups is 2. The molecule has 13 heavy (non-hydrogen) atoms. The van der Waals surface area contributed by atoms with Crippen LogP contribution in [0.15, 0.2) is 0 Å². The maximum atomic E-state index is 11.5. The van der Waals surface area contributed by atoms with Crippen molar-refractivity contribution in [2.45, 2.75) is 19.0 Å². The first-order valence-electron chi connectivity index (χ1n) is 3.43. The fourth-order valence-electron chi connectivity index (χ4n) is 0.524. The summed E-state index contributed by atoms with van der Waals surface area (Å²) in [4.78, 5) is 20.7. The van der Waals surface area contributed by atoms with Gasteiger partial charge in [-0.15, -0.1) is 0 Å². The zero-order valence-electron chi connectivity index (χ0n) is 6.65. The summed E-state index contributed by atoms with van der Waals surface area (Å²) in [6, 6.07) is 0. The lowest BCUT2D eigenvalue weighted by atomic mass is 10.3. The molecular formula is C6H9F3N2O2. The second-order valence-electron chi connectivity index (χ2n) is 2.36. The van der Waals surface area contributed by atoms with E-state index in [-0.39, 0.29) is 12.8 Å². The summed E-state index contributed by atoms with van der Waals surface area (Å²) in [6.45, 7) is -1.38. The lowest BCUT2D eigenvalue weighted by Crippen LogP contribution is -2.34. The molecule has 4 nitrogen and oxygen atoms in total. The van der Waals surface area contributed by atoms with Gasteiger partial charge in [-0.05, 0) is 0 Å². The Morgan fingerprint density at radius 1 is 1.23 bits per heavy atom. The van der Waals surface area contributed by atoms with Crippen LogP contribution in [-0.4, -0.2) is 24.5 Å². The van der Waals surface area contributed by atoms with Crippen LogP contribution in [0, 0.1) is 0 Å². The normalized spacial score (nSPS) is 11.0. The van der Waals surface area contributed by atoms with E-state index in [0.29, 0.717) is 0 Å². The molecule has 0 saturated carbocycles. The van der Waals surface area contributed by atoms with Gasteiger partial charge in [-0.25, -0.2) is 0 Å². The molecule has 0 aliphatic carbocycles. The highest BCUT2D eigenvalue weighted by Gasteiger charge is 2.27. The van der Waals surface area contributed by atoms with Crippen LogP contribution in [0.4, 0.5) is 13.2 Å². The van der Waals surface area contributed by atoms with Crippen molar-refractivity contribution in [1.29, 1.82) is 0 Å². The van der Waals surface area contributed by atoms with Gasteiger partial charge in [-0.1, -0.05) is 0 Å². The lowest BCUT2D eigenvalue weighted by Gasteiger charge is -2.07. The van der Waals surface area contributed by atoms with E-state index in [9.17, 15) is 22.8 Å². The molecule has 0 radical (unpaired) electrons. The van der Waals surface area contributed by atoms with E-state index in [2.05, 4.69) is 5.73 Å². The minimum absolute atomic E-state index is 0.246. The van der Waals surface area contributed by atoms with Crippen molar-refractivity contribution >= 4 is 11.8 Å². The third kappa shape index (κ3) is 8.64. The Morgan fingerprint density at radius 3 is 2.15 bits per heavy atom. The molecule has 0 heterocycles. The summed E-state index contributed by atoms with van der Waals surface area (Å²) in [5.41, 5.74) is 4.68. The first-order chi connectivity index (χ1) is 5.81. The van der Waals surface area contributed by atoms with Crippen LogP contribution >= 0.6 is 0 Å². The number of primary amides is 1. The van der Waals surface area contributed by atoms with Crippen molar-refractivity contribution in [3.63, 3.8) is 0 Å². The molecule has 7 heteroatoms. The average molecular weight is 198 g/mol. The van der Waals surface area contributed by atoms with Gasteiger partial charge in [0.05, 0.1) is 0 Å². The van der Waals surface area contributed by atoms with Gasteiger partial charge in [-0.2, -0.15) is 13.2 Å². The summed E-state index contributed by atoms with van der Waals surface area (Å²) in [7, 11) is 0. The van der Waals surface area contributed by atoms with Crippen molar-refractivity contribution in [2.75, 3.05) is 6.54 Å². The monoisotopic (exact) mass is 198 g/mol. The predicted octanol–water partition coefficient (Wildman–Crippen LogP) is -0.0696. The van der Waals surface area contributed by atoms with Gasteiger partial charge in [0.25, 0.3) is 0 Å². The molecule has 0 aromatic heterocycles. The zero-order chi connectivity index (χ0) is 10.5. The summed E-state index contributed by atoms with van der Waals surface area (Å²) >= 11 is 0. The largest absolute Gasteiger partial charge is 0.405 e. The van der Waals surface area contributed by atoms with Crippen molar-refractivity contribution in [1.82, 2.24) is 5.32 Å². The van der Waals surface area contributed by atoms with Gasteiger partial charge >= 0.3 is 6.18 Å². The average Bonchev–Trinajstić information content (AvgIpc) is 1.95. The Bertz CT molecular complexity index is 203. The van der Waals surface area contributed by atoms with Gasteiger partial charge < -0.3 is 11.1 Å². The third-order valence-corrected chi connectivity index (χ3v) is 1.08. The molecule has 0 saturated heterocycles. The van der Waals surface area contributed by atoms with Crippen LogP contribution in [0.2, 0.25) is 0 Å². The SMILES string of the molecule is NC(=O)CCC(=O)NCC(F)(F)F. The van der Waals surface area contributed by atoms with E-state index in [4.69, 9.17) is 0 Å². The Hall–Kier alpha value is -1.27. The van der Waals surface area contributed by atoms with E-state index < -0.39 is 24.5 Å². The highest BCUT2D eigenvalue weighted by atomic mass is 19.4. The molecule has 0 unspecified atom stereocenters. The fourth-order valence-corrected chi connectivity index (χ4v) is 0.524. The van der Waals surface area contributed by atoms with Gasteiger partial charge in [0, 0.05) is 12.8 Å². The molecule has 0 aromatic rings. The van der Waals surface area contributed by atoms with Gasteiger partial charge in [-0.3, -0.25) is 9.59 Å². The molecule has 0 aliphatic heterocycles. The van der Waals surface area contributed by atoms with Gasteiger partial charge in [0.1, 0.15) is 6.54 Å². The minimum Gasteiger partial charge on any atom is -0.370 e. The molecule has 0 fully saturated rings. The second kappa shape index (κ2) is 4.68. The molecule has 0 aromatic carbocycles. The number of hydrogen-bond acceptors (Lipinski definition) is 2. The summed E-state index contributed by atoms with van der Waals surface area (Å²) < 4.78 is 34.5. The number of alkyl halides is 3. The van der Waals surface area contributed by atoms with E-state index in [1.165, 1.54) is 0 Å². The maximum Gasteiger partial charge on any atom is 0.405 e. The second-order valence-corrected chi connectivity index (χ2v) is 2.36. The Morgan fingerprint density at radius 2 is 1.77 bits per heavy atom. The topological polar surface area (TPSA) is 72.2 Å². The number of rotatable bonds is 4. The van der Waals surface area contributed by atoms with Crippen LogP contribution < -0.4 is 11.1 Å². The number of halogens is 3. The standard InChI is InChI=1S/C6H9F3N2O2/c7-6(8,9)3-11-5(13)2-1-4(10)12/h1-3H2,(H2,10,12)(H,11,13). The summed E-state index contributed by atoms with van der Waals surface area (Å²) in [6.07, 6.45) is -4.99. The van der Waals surface area contributed by atoms with Crippen molar-refractivity contribution in [2.24, 2.45) is 5.73 Å². The molecule has 3 N–H and O–H groups in total. The molecule has 0 aliphatic rings. The van der Waals surface area contributed by atoms with Gasteiger partial charge in [0.2, 0.25) is 11.8 Å². The molecule has 0 rings (SSSR count). The minimum atomic E-state index is -4.43. The Labute approximate surface area is 72.3 Å². The Kier molecular flexibility index (Phi) is 4.22. The van der Waals surface area contributed by atoms with E-state index in [0.717, 1.165) is 0 Å². The summed E-state index contributed by atoms with van der Waals surface area (Å²) in [5.74, 6) is -1.56. The van der Waals surface area contributed by atoms with Crippen LogP contribution in [0.25, 0.3) is 0 Å². The molecule has 76 valence electrons. The quantitative estimate of drug-likeness (QED) is 0.663. The lowest BCUT2D eigenvalue weighted by molar-refractivity contribution is -0.138. The molecule has 0 spiro atoms. The molecular weight excluding hydrogens is 189 g/mol. The van der Waals surface area contributed by atoms with E-state index >= 15 is 0 Å².